The van der Waals surface area contributed by atoms with Crippen LogP contribution in [0.1, 0.15) is 20.3 Å². The van der Waals surface area contributed by atoms with Crippen LogP contribution in [-0.2, 0) is 0 Å². The van der Waals surface area contributed by atoms with E-state index in [0.29, 0.717) is 6.04 Å². The SMILES string of the molecule is C=CC/C=C(/C)NC(C)C=C. The molecular formula is C10H17N. The van der Waals surface area contributed by atoms with Crippen molar-refractivity contribution in [2.75, 3.05) is 0 Å². The molecule has 0 aromatic rings. The lowest BCUT2D eigenvalue weighted by Crippen LogP contribution is -2.21. The molecule has 62 valence electrons. The van der Waals surface area contributed by atoms with Gasteiger partial charge in [-0.1, -0.05) is 18.2 Å². The van der Waals surface area contributed by atoms with Gasteiger partial charge in [-0.05, 0) is 20.3 Å². The third-order valence-electron chi connectivity index (χ3n) is 1.40. The standard InChI is InChI=1S/C10H17N/c1-5-7-8-10(4)11-9(3)6-2/h5-6,8-9,11H,1-2,7H2,3-4H3/b10-8-. The van der Waals surface area contributed by atoms with Crippen LogP contribution in [0.15, 0.2) is 37.1 Å². The van der Waals surface area contributed by atoms with E-state index < -0.39 is 0 Å². The Morgan fingerprint density at radius 1 is 1.55 bits per heavy atom. The first-order valence-corrected chi connectivity index (χ1v) is 3.87. The summed E-state index contributed by atoms with van der Waals surface area (Å²) in [7, 11) is 0. The molecule has 0 radical (unpaired) electrons. The Balaban J connectivity index is 3.74. The lowest BCUT2D eigenvalue weighted by Gasteiger charge is -2.10. The van der Waals surface area contributed by atoms with Crippen molar-refractivity contribution in [2.24, 2.45) is 0 Å². The van der Waals surface area contributed by atoms with E-state index >= 15 is 0 Å². The second-order valence-electron chi connectivity index (χ2n) is 2.58. The van der Waals surface area contributed by atoms with Crippen molar-refractivity contribution in [3.8, 4) is 0 Å². The molecule has 1 N–H and O–H groups in total. The van der Waals surface area contributed by atoms with Crippen molar-refractivity contribution >= 4 is 0 Å². The van der Waals surface area contributed by atoms with E-state index in [1.807, 2.05) is 19.1 Å². The smallest absolute Gasteiger partial charge is 0.0410 e. The number of nitrogens with one attached hydrogen (secondary N) is 1. The fourth-order valence-corrected chi connectivity index (χ4v) is 0.737. The van der Waals surface area contributed by atoms with E-state index in [0.717, 1.165) is 6.42 Å². The Morgan fingerprint density at radius 2 is 2.18 bits per heavy atom. The van der Waals surface area contributed by atoms with Gasteiger partial charge in [0.2, 0.25) is 0 Å². The highest BCUT2D eigenvalue weighted by atomic mass is 14.9. The molecule has 0 spiro atoms. The van der Waals surface area contributed by atoms with Gasteiger partial charge in [-0.15, -0.1) is 13.2 Å². The molecule has 0 aliphatic heterocycles. The van der Waals surface area contributed by atoms with Crippen LogP contribution in [0, 0.1) is 0 Å². The zero-order valence-electron chi connectivity index (χ0n) is 7.43. The van der Waals surface area contributed by atoms with Crippen LogP contribution in [0.2, 0.25) is 0 Å². The van der Waals surface area contributed by atoms with Gasteiger partial charge in [0.15, 0.2) is 0 Å². The van der Waals surface area contributed by atoms with Crippen molar-refractivity contribution in [3.63, 3.8) is 0 Å². The Morgan fingerprint density at radius 3 is 2.64 bits per heavy atom. The van der Waals surface area contributed by atoms with Gasteiger partial charge < -0.3 is 5.32 Å². The fourth-order valence-electron chi connectivity index (χ4n) is 0.737. The Hall–Kier alpha value is -0.980. The molecule has 0 aromatic heterocycles. The number of hydrogen-bond donors (Lipinski definition) is 1. The zero-order valence-corrected chi connectivity index (χ0v) is 7.43. The van der Waals surface area contributed by atoms with Crippen molar-refractivity contribution in [2.45, 2.75) is 26.3 Å². The highest BCUT2D eigenvalue weighted by molar-refractivity contribution is 5.02. The summed E-state index contributed by atoms with van der Waals surface area (Å²) in [5.74, 6) is 0. The van der Waals surface area contributed by atoms with Gasteiger partial charge in [-0.3, -0.25) is 0 Å². The molecule has 1 nitrogen and oxygen atoms in total. The second kappa shape index (κ2) is 5.78. The van der Waals surface area contributed by atoms with Gasteiger partial charge >= 0.3 is 0 Å². The van der Waals surface area contributed by atoms with Crippen LogP contribution in [0.4, 0.5) is 0 Å². The van der Waals surface area contributed by atoms with Gasteiger partial charge in [-0.2, -0.15) is 0 Å². The minimum atomic E-state index is 0.344. The highest BCUT2D eigenvalue weighted by Gasteiger charge is 1.92. The fraction of sp³-hybridized carbons (Fsp3) is 0.400. The van der Waals surface area contributed by atoms with Gasteiger partial charge in [-0.25, -0.2) is 0 Å². The van der Waals surface area contributed by atoms with Crippen LogP contribution in [0.25, 0.3) is 0 Å². The summed E-state index contributed by atoms with van der Waals surface area (Å²) in [4.78, 5) is 0. The van der Waals surface area contributed by atoms with Crippen molar-refractivity contribution in [1.29, 1.82) is 0 Å². The van der Waals surface area contributed by atoms with E-state index in [-0.39, 0.29) is 0 Å². The molecule has 0 fully saturated rings. The third kappa shape index (κ3) is 5.46. The summed E-state index contributed by atoms with van der Waals surface area (Å²) in [6.07, 6.45) is 6.78. The normalized spacial score (nSPS) is 13.8. The quantitative estimate of drug-likeness (QED) is 0.596. The molecule has 11 heavy (non-hydrogen) atoms. The van der Waals surface area contributed by atoms with E-state index in [1.54, 1.807) is 0 Å². The summed E-state index contributed by atoms with van der Waals surface area (Å²) in [5, 5.41) is 3.26. The lowest BCUT2D eigenvalue weighted by atomic mass is 10.3. The van der Waals surface area contributed by atoms with Crippen LogP contribution in [0.3, 0.4) is 0 Å². The summed E-state index contributed by atoms with van der Waals surface area (Å²) in [5.41, 5.74) is 1.18. The topological polar surface area (TPSA) is 12.0 Å². The maximum atomic E-state index is 3.68. The number of rotatable bonds is 5. The minimum Gasteiger partial charge on any atom is -0.383 e. The zero-order chi connectivity index (χ0) is 8.69. The molecule has 0 aromatic carbocycles. The average molecular weight is 151 g/mol. The van der Waals surface area contributed by atoms with Gasteiger partial charge in [0.1, 0.15) is 0 Å². The van der Waals surface area contributed by atoms with Crippen molar-refractivity contribution in [1.82, 2.24) is 5.32 Å². The monoisotopic (exact) mass is 151 g/mol. The Labute approximate surface area is 69.5 Å². The summed E-state index contributed by atoms with van der Waals surface area (Å²) < 4.78 is 0. The molecule has 0 bridgehead atoms. The summed E-state index contributed by atoms with van der Waals surface area (Å²) in [6.45, 7) is 11.4. The van der Waals surface area contributed by atoms with Gasteiger partial charge in [0.25, 0.3) is 0 Å². The van der Waals surface area contributed by atoms with E-state index in [1.165, 1.54) is 5.70 Å². The van der Waals surface area contributed by atoms with Crippen molar-refractivity contribution in [3.05, 3.63) is 37.1 Å². The molecule has 0 aliphatic carbocycles. The maximum Gasteiger partial charge on any atom is 0.0410 e. The maximum absolute atomic E-state index is 3.68. The molecule has 0 rings (SSSR count). The lowest BCUT2D eigenvalue weighted by molar-refractivity contribution is 0.726. The summed E-state index contributed by atoms with van der Waals surface area (Å²) in [6, 6.07) is 0.344. The first-order chi connectivity index (χ1) is 5.20. The molecular weight excluding hydrogens is 134 g/mol. The molecule has 0 amide bonds. The molecule has 0 saturated heterocycles. The van der Waals surface area contributed by atoms with Gasteiger partial charge in [0.05, 0.1) is 0 Å². The molecule has 1 unspecified atom stereocenters. The van der Waals surface area contributed by atoms with E-state index in [4.69, 9.17) is 0 Å². The number of allylic oxidation sites excluding steroid dienone is 3. The van der Waals surface area contributed by atoms with Crippen LogP contribution < -0.4 is 5.32 Å². The first-order valence-electron chi connectivity index (χ1n) is 3.87. The Kier molecular flexibility index (Phi) is 5.26. The minimum absolute atomic E-state index is 0.344. The van der Waals surface area contributed by atoms with E-state index in [2.05, 4.69) is 31.5 Å². The average Bonchev–Trinajstić information content (AvgIpc) is 2.00. The molecule has 0 heterocycles. The van der Waals surface area contributed by atoms with E-state index in [9.17, 15) is 0 Å². The Bertz CT molecular complexity index is 156. The van der Waals surface area contributed by atoms with Crippen LogP contribution in [-0.4, -0.2) is 6.04 Å². The van der Waals surface area contributed by atoms with Crippen LogP contribution in [0.5, 0.6) is 0 Å². The predicted molar refractivity (Wildman–Crippen MR) is 51.4 cm³/mol. The van der Waals surface area contributed by atoms with Crippen LogP contribution >= 0.6 is 0 Å². The molecule has 0 aliphatic rings. The molecule has 0 saturated carbocycles. The van der Waals surface area contributed by atoms with Gasteiger partial charge in [0, 0.05) is 11.7 Å². The molecule has 1 atom stereocenters. The summed E-state index contributed by atoms with van der Waals surface area (Å²) >= 11 is 0. The van der Waals surface area contributed by atoms with Crippen molar-refractivity contribution < 1.29 is 0 Å². The number of hydrogen-bond acceptors (Lipinski definition) is 1. The predicted octanol–water partition coefficient (Wildman–Crippen LogP) is 2.63. The first kappa shape index (κ1) is 10.0. The largest absolute Gasteiger partial charge is 0.383 e. The highest BCUT2D eigenvalue weighted by Crippen LogP contribution is 1.94. The third-order valence-corrected chi connectivity index (χ3v) is 1.40. The molecule has 1 heteroatoms. The second-order valence-corrected chi connectivity index (χ2v) is 2.58.